The van der Waals surface area contributed by atoms with E-state index < -0.39 is 5.41 Å². The lowest BCUT2D eigenvalue weighted by molar-refractivity contribution is 0.622. The molecule has 0 atom stereocenters. The number of fused-ring (bicyclic) bond motifs is 10. The Bertz CT molecular complexity index is 3680. The van der Waals surface area contributed by atoms with Gasteiger partial charge in [-0.25, -0.2) is 19.9 Å². The summed E-state index contributed by atoms with van der Waals surface area (Å²) in [5, 5.41) is 3.91. The van der Waals surface area contributed by atoms with Gasteiger partial charge in [-0.15, -0.1) is 0 Å². The van der Waals surface area contributed by atoms with Gasteiger partial charge in [0.2, 0.25) is 5.89 Å². The highest BCUT2D eigenvalue weighted by atomic mass is 16.4. The molecule has 0 amide bonds. The first-order valence-corrected chi connectivity index (χ1v) is 21.1. The van der Waals surface area contributed by atoms with Gasteiger partial charge in [-0.2, -0.15) is 0 Å². The van der Waals surface area contributed by atoms with Crippen molar-refractivity contribution in [2.45, 2.75) is 5.41 Å². The number of furan rings is 1. The van der Waals surface area contributed by atoms with Crippen molar-refractivity contribution in [1.82, 2.24) is 19.9 Å². The normalized spacial score (nSPS) is 12.9. The van der Waals surface area contributed by atoms with Gasteiger partial charge in [0, 0.05) is 27.6 Å². The zero-order chi connectivity index (χ0) is 41.5. The lowest BCUT2D eigenvalue weighted by Gasteiger charge is -2.34. The molecule has 3 heterocycles. The Morgan fingerprint density at radius 1 is 0.365 bits per heavy atom. The third kappa shape index (κ3) is 5.38. The molecule has 1 aliphatic carbocycles. The van der Waals surface area contributed by atoms with Crippen molar-refractivity contribution in [2.75, 3.05) is 0 Å². The molecule has 9 aromatic carbocycles. The third-order valence-corrected chi connectivity index (χ3v) is 12.7. The van der Waals surface area contributed by atoms with Crippen molar-refractivity contribution in [3.8, 4) is 56.7 Å². The molecule has 0 spiro atoms. The molecule has 294 valence electrons. The quantitative estimate of drug-likeness (QED) is 0.167. The average molecular weight is 807 g/mol. The molecule has 13 rings (SSSR count). The predicted molar refractivity (Wildman–Crippen MR) is 251 cm³/mol. The van der Waals surface area contributed by atoms with E-state index in [0.717, 1.165) is 60.5 Å². The monoisotopic (exact) mass is 806 g/mol. The molecule has 0 saturated carbocycles. The van der Waals surface area contributed by atoms with E-state index in [-0.39, 0.29) is 0 Å². The molecule has 63 heavy (non-hydrogen) atoms. The summed E-state index contributed by atoms with van der Waals surface area (Å²) < 4.78 is 13.0. The van der Waals surface area contributed by atoms with Crippen molar-refractivity contribution in [3.63, 3.8) is 0 Å². The number of oxazole rings is 1. The topological polar surface area (TPSA) is 77.8 Å². The van der Waals surface area contributed by atoms with E-state index in [1.807, 2.05) is 78.9 Å². The Morgan fingerprint density at radius 2 is 0.873 bits per heavy atom. The van der Waals surface area contributed by atoms with Crippen LogP contribution in [-0.4, -0.2) is 19.9 Å². The largest absolute Gasteiger partial charge is 0.456 e. The predicted octanol–water partition coefficient (Wildman–Crippen LogP) is 14.1. The number of rotatable bonds is 6. The minimum absolute atomic E-state index is 0.499. The van der Waals surface area contributed by atoms with Gasteiger partial charge in [-0.3, -0.25) is 0 Å². The standard InChI is InChI=1S/C57H34N4O2/c1-4-14-36(15-5-1)53-59-54(37-26-29-41(30-27-37)57(40-18-8-3-9-19-40)45-22-12-10-20-42(45)43-21-11-13-23-46(43)57)61-55(60-53)39-25-24-35-28-32-48-50(44(35)34-39)51-49(62-48)33-31-47-52(51)63-56(58-47)38-16-6-2-7-17-38/h1-34H. The summed E-state index contributed by atoms with van der Waals surface area (Å²) in [5.41, 5.74) is 13.5. The smallest absolute Gasteiger partial charge is 0.227 e. The van der Waals surface area contributed by atoms with Crippen molar-refractivity contribution < 1.29 is 8.83 Å². The van der Waals surface area contributed by atoms with Crippen LogP contribution in [0, 0.1) is 0 Å². The van der Waals surface area contributed by atoms with Gasteiger partial charge < -0.3 is 8.83 Å². The maximum atomic E-state index is 6.53. The summed E-state index contributed by atoms with van der Waals surface area (Å²) in [6.07, 6.45) is 0. The highest BCUT2D eigenvalue weighted by Gasteiger charge is 2.45. The van der Waals surface area contributed by atoms with Gasteiger partial charge in [-0.1, -0.05) is 170 Å². The Morgan fingerprint density at radius 3 is 1.56 bits per heavy atom. The summed E-state index contributed by atoms with van der Waals surface area (Å²) in [6.45, 7) is 0. The summed E-state index contributed by atoms with van der Waals surface area (Å²) in [5.74, 6) is 2.34. The lowest BCUT2D eigenvalue weighted by Crippen LogP contribution is -2.28. The molecule has 0 bridgehead atoms. The number of hydrogen-bond donors (Lipinski definition) is 0. The first-order valence-electron chi connectivity index (χ1n) is 21.1. The zero-order valence-electron chi connectivity index (χ0n) is 33.7. The second-order valence-electron chi connectivity index (χ2n) is 16.1. The molecule has 0 unspecified atom stereocenters. The minimum Gasteiger partial charge on any atom is -0.456 e. The van der Waals surface area contributed by atoms with Crippen molar-refractivity contribution in [2.24, 2.45) is 0 Å². The van der Waals surface area contributed by atoms with Crippen LogP contribution >= 0.6 is 0 Å². The molecule has 3 aromatic heterocycles. The molecule has 0 aliphatic heterocycles. The number of aromatic nitrogens is 4. The van der Waals surface area contributed by atoms with E-state index in [1.165, 1.54) is 33.4 Å². The molecular weight excluding hydrogens is 773 g/mol. The molecule has 6 nitrogen and oxygen atoms in total. The highest BCUT2D eigenvalue weighted by molar-refractivity contribution is 6.25. The molecule has 6 heteroatoms. The Labute approximate surface area is 361 Å². The Balaban J connectivity index is 0.980. The fourth-order valence-electron chi connectivity index (χ4n) is 9.83. The van der Waals surface area contributed by atoms with Gasteiger partial charge in [0.1, 0.15) is 16.7 Å². The van der Waals surface area contributed by atoms with Crippen LogP contribution in [0.25, 0.3) is 101 Å². The first kappa shape index (κ1) is 35.3. The van der Waals surface area contributed by atoms with Crippen LogP contribution in [0.2, 0.25) is 0 Å². The van der Waals surface area contributed by atoms with E-state index in [2.05, 4.69) is 127 Å². The van der Waals surface area contributed by atoms with E-state index in [1.54, 1.807) is 0 Å². The molecule has 0 saturated heterocycles. The maximum Gasteiger partial charge on any atom is 0.227 e. The Kier molecular flexibility index (Phi) is 7.72. The van der Waals surface area contributed by atoms with Crippen LogP contribution in [0.4, 0.5) is 0 Å². The number of hydrogen-bond acceptors (Lipinski definition) is 6. The SMILES string of the molecule is c1ccc(-c2nc(-c3ccc(C4(c5ccccc5)c5ccccc5-c5ccccc54)cc3)nc(-c3ccc4ccc5oc6ccc7nc(-c8ccccc8)oc7c6c5c4c3)n2)cc1. The van der Waals surface area contributed by atoms with Crippen molar-refractivity contribution in [1.29, 1.82) is 0 Å². The fourth-order valence-corrected chi connectivity index (χ4v) is 9.83. The van der Waals surface area contributed by atoms with Crippen LogP contribution < -0.4 is 0 Å². The molecular formula is C57H34N4O2. The summed E-state index contributed by atoms with van der Waals surface area (Å²) >= 11 is 0. The second-order valence-corrected chi connectivity index (χ2v) is 16.1. The van der Waals surface area contributed by atoms with Crippen molar-refractivity contribution >= 4 is 43.8 Å². The number of nitrogens with zero attached hydrogens (tertiary/aromatic N) is 4. The highest BCUT2D eigenvalue weighted by Crippen LogP contribution is 2.56. The minimum atomic E-state index is -0.499. The molecule has 12 aromatic rings. The van der Waals surface area contributed by atoms with Gasteiger partial charge in [0.25, 0.3) is 0 Å². The second kappa shape index (κ2) is 13.8. The molecule has 0 radical (unpaired) electrons. The Hall–Kier alpha value is -8.48. The maximum absolute atomic E-state index is 6.53. The fraction of sp³-hybridized carbons (Fsp3) is 0.0175. The first-order chi connectivity index (χ1) is 31.2. The molecule has 0 N–H and O–H groups in total. The van der Waals surface area contributed by atoms with Gasteiger partial charge in [0.05, 0.1) is 10.8 Å². The van der Waals surface area contributed by atoms with Crippen LogP contribution in [0.1, 0.15) is 22.3 Å². The summed E-state index contributed by atoms with van der Waals surface area (Å²) in [4.78, 5) is 20.4. The molecule has 1 aliphatic rings. The summed E-state index contributed by atoms with van der Waals surface area (Å²) in [7, 11) is 0. The number of benzene rings is 9. The van der Waals surface area contributed by atoms with Gasteiger partial charge >= 0.3 is 0 Å². The van der Waals surface area contributed by atoms with E-state index in [0.29, 0.717) is 28.9 Å². The molecule has 0 fully saturated rings. The van der Waals surface area contributed by atoms with Crippen LogP contribution in [-0.2, 0) is 5.41 Å². The van der Waals surface area contributed by atoms with E-state index in [4.69, 9.17) is 28.8 Å². The van der Waals surface area contributed by atoms with Crippen LogP contribution in [0.5, 0.6) is 0 Å². The van der Waals surface area contributed by atoms with Gasteiger partial charge in [0.15, 0.2) is 23.1 Å². The van der Waals surface area contributed by atoms with E-state index >= 15 is 0 Å². The average Bonchev–Trinajstić information content (AvgIpc) is 4.06. The van der Waals surface area contributed by atoms with E-state index in [9.17, 15) is 0 Å². The van der Waals surface area contributed by atoms with Crippen LogP contribution in [0.3, 0.4) is 0 Å². The third-order valence-electron chi connectivity index (χ3n) is 12.7. The summed E-state index contributed by atoms with van der Waals surface area (Å²) in [6, 6.07) is 71.8. The van der Waals surface area contributed by atoms with Crippen LogP contribution in [0.15, 0.2) is 215 Å². The zero-order valence-corrected chi connectivity index (χ0v) is 33.7. The van der Waals surface area contributed by atoms with Crippen molar-refractivity contribution in [3.05, 3.63) is 229 Å². The van der Waals surface area contributed by atoms with Gasteiger partial charge in [-0.05, 0) is 80.6 Å². The lowest BCUT2D eigenvalue weighted by atomic mass is 9.67.